The highest BCUT2D eigenvalue weighted by Crippen LogP contribution is 2.44. The number of carbonyl (C=O) groups excluding carboxylic acids is 1. The van der Waals surface area contributed by atoms with Gasteiger partial charge in [0, 0.05) is 18.9 Å². The van der Waals surface area contributed by atoms with Crippen molar-refractivity contribution < 1.29 is 14.3 Å². The average molecular weight is 353 g/mol. The molecule has 1 saturated carbocycles. The van der Waals surface area contributed by atoms with Crippen LogP contribution in [0.3, 0.4) is 0 Å². The van der Waals surface area contributed by atoms with Gasteiger partial charge in [-0.15, -0.1) is 0 Å². The third kappa shape index (κ3) is 3.23. The Morgan fingerprint density at radius 3 is 2.58 bits per heavy atom. The monoisotopic (exact) mass is 353 g/mol. The Balaban J connectivity index is 1.50. The van der Waals surface area contributed by atoms with Crippen LogP contribution in [0.1, 0.15) is 36.8 Å². The third-order valence-corrected chi connectivity index (χ3v) is 5.30. The van der Waals surface area contributed by atoms with Crippen LogP contribution in [0, 0.1) is 0 Å². The molecule has 0 atom stereocenters. The first-order valence-corrected chi connectivity index (χ1v) is 9.20. The molecule has 1 aromatic carbocycles. The van der Waals surface area contributed by atoms with E-state index in [-0.39, 0.29) is 5.91 Å². The lowest BCUT2D eigenvalue weighted by Crippen LogP contribution is -2.43. The Morgan fingerprint density at radius 2 is 1.81 bits per heavy atom. The Morgan fingerprint density at radius 1 is 1.08 bits per heavy atom. The first-order valence-electron chi connectivity index (χ1n) is 9.20. The van der Waals surface area contributed by atoms with Gasteiger partial charge >= 0.3 is 0 Å². The summed E-state index contributed by atoms with van der Waals surface area (Å²) in [5.41, 5.74) is 1.58. The van der Waals surface area contributed by atoms with Gasteiger partial charge in [-0.2, -0.15) is 0 Å². The minimum atomic E-state index is -0.469. The van der Waals surface area contributed by atoms with Crippen molar-refractivity contribution in [2.45, 2.75) is 37.5 Å². The van der Waals surface area contributed by atoms with E-state index in [0.29, 0.717) is 19.8 Å². The van der Waals surface area contributed by atoms with Crippen molar-refractivity contribution >= 4 is 5.91 Å². The Kier molecular flexibility index (Phi) is 4.73. The molecular weight excluding hydrogens is 330 g/mol. The number of benzene rings is 1. The number of hydrogen-bond acceptors (Lipinski definition) is 5. The van der Waals surface area contributed by atoms with Crippen molar-refractivity contribution in [1.82, 2.24) is 15.3 Å². The Bertz CT molecular complexity index is 773. The van der Waals surface area contributed by atoms with Gasteiger partial charge in [-0.3, -0.25) is 4.79 Å². The SMILES string of the molecule is O=C(NCCc1cncnc1)C1(c2ccc3c(c2)OCCO3)CCCC1. The Hall–Kier alpha value is -2.63. The lowest BCUT2D eigenvalue weighted by molar-refractivity contribution is -0.126. The van der Waals surface area contributed by atoms with E-state index in [4.69, 9.17) is 9.47 Å². The van der Waals surface area contributed by atoms with E-state index in [1.54, 1.807) is 12.4 Å². The summed E-state index contributed by atoms with van der Waals surface area (Å²) in [6.45, 7) is 1.70. The van der Waals surface area contributed by atoms with E-state index >= 15 is 0 Å². The first-order chi connectivity index (χ1) is 12.8. The zero-order valence-corrected chi connectivity index (χ0v) is 14.7. The maximum Gasteiger partial charge on any atom is 0.230 e. The van der Waals surface area contributed by atoms with E-state index < -0.39 is 5.41 Å². The van der Waals surface area contributed by atoms with Crippen molar-refractivity contribution in [1.29, 1.82) is 0 Å². The summed E-state index contributed by atoms with van der Waals surface area (Å²) < 4.78 is 11.3. The number of amides is 1. The lowest BCUT2D eigenvalue weighted by atomic mass is 9.77. The zero-order chi connectivity index (χ0) is 17.8. The van der Waals surface area contributed by atoms with Crippen LogP contribution in [0.15, 0.2) is 36.9 Å². The van der Waals surface area contributed by atoms with Crippen LogP contribution in [0.25, 0.3) is 0 Å². The fraction of sp³-hybridized carbons (Fsp3) is 0.450. The minimum absolute atomic E-state index is 0.100. The van der Waals surface area contributed by atoms with E-state index in [2.05, 4.69) is 15.3 Å². The number of nitrogens with one attached hydrogen (secondary N) is 1. The van der Waals surface area contributed by atoms with Gasteiger partial charge in [0.2, 0.25) is 5.91 Å². The van der Waals surface area contributed by atoms with Gasteiger partial charge in [-0.05, 0) is 42.5 Å². The predicted octanol–water partition coefficient (Wildman–Crippen LogP) is 2.42. The van der Waals surface area contributed by atoms with Crippen molar-refractivity contribution in [2.75, 3.05) is 19.8 Å². The molecule has 0 bridgehead atoms. The molecule has 1 fully saturated rings. The molecule has 0 spiro atoms. The maximum absolute atomic E-state index is 13.1. The second-order valence-electron chi connectivity index (χ2n) is 6.90. The van der Waals surface area contributed by atoms with Gasteiger partial charge in [0.05, 0.1) is 5.41 Å². The number of ether oxygens (including phenoxy) is 2. The zero-order valence-electron chi connectivity index (χ0n) is 14.7. The van der Waals surface area contributed by atoms with Gasteiger partial charge < -0.3 is 14.8 Å². The molecule has 4 rings (SSSR count). The average Bonchev–Trinajstić information content (AvgIpc) is 3.19. The van der Waals surface area contributed by atoms with E-state index in [9.17, 15) is 4.79 Å². The highest BCUT2D eigenvalue weighted by Gasteiger charge is 2.43. The van der Waals surface area contributed by atoms with Crippen molar-refractivity contribution in [2.24, 2.45) is 0 Å². The van der Waals surface area contributed by atoms with Crippen LogP contribution in [-0.2, 0) is 16.6 Å². The lowest BCUT2D eigenvalue weighted by Gasteiger charge is -2.30. The molecule has 2 aromatic rings. The summed E-state index contributed by atoms with van der Waals surface area (Å²) in [4.78, 5) is 21.1. The number of hydrogen-bond donors (Lipinski definition) is 1. The van der Waals surface area contributed by atoms with Crippen molar-refractivity contribution in [3.05, 3.63) is 48.0 Å². The van der Waals surface area contributed by atoms with Crippen LogP contribution in [-0.4, -0.2) is 35.6 Å². The standard InChI is InChI=1S/C20H23N3O3/c24-19(23-8-5-15-12-21-14-22-13-15)20(6-1-2-7-20)16-3-4-17-18(11-16)26-10-9-25-17/h3-4,11-14H,1-2,5-10H2,(H,23,24). The topological polar surface area (TPSA) is 73.3 Å². The molecule has 2 heterocycles. The van der Waals surface area contributed by atoms with E-state index in [0.717, 1.165) is 54.7 Å². The van der Waals surface area contributed by atoms with Crippen molar-refractivity contribution in [3.63, 3.8) is 0 Å². The molecule has 1 aliphatic heterocycles. The number of rotatable bonds is 5. The van der Waals surface area contributed by atoms with Crippen LogP contribution in [0.2, 0.25) is 0 Å². The van der Waals surface area contributed by atoms with Crippen LogP contribution in [0.5, 0.6) is 11.5 Å². The van der Waals surface area contributed by atoms with Crippen LogP contribution >= 0.6 is 0 Å². The van der Waals surface area contributed by atoms with Crippen LogP contribution in [0.4, 0.5) is 0 Å². The largest absolute Gasteiger partial charge is 0.486 e. The molecule has 6 nitrogen and oxygen atoms in total. The highest BCUT2D eigenvalue weighted by atomic mass is 16.6. The number of carbonyl (C=O) groups is 1. The molecule has 1 amide bonds. The van der Waals surface area contributed by atoms with Crippen LogP contribution < -0.4 is 14.8 Å². The van der Waals surface area contributed by atoms with Gasteiger partial charge in [-0.25, -0.2) is 9.97 Å². The normalized spacial score (nSPS) is 17.7. The Labute approximate surface area is 153 Å². The molecule has 0 radical (unpaired) electrons. The highest BCUT2D eigenvalue weighted by molar-refractivity contribution is 5.88. The summed E-state index contributed by atoms with van der Waals surface area (Å²) in [5.74, 6) is 1.61. The maximum atomic E-state index is 13.1. The first kappa shape index (κ1) is 16.8. The fourth-order valence-electron chi connectivity index (χ4n) is 3.92. The molecule has 1 aromatic heterocycles. The minimum Gasteiger partial charge on any atom is -0.486 e. The summed E-state index contributed by atoms with van der Waals surface area (Å²) in [5, 5.41) is 3.13. The van der Waals surface area contributed by atoms with Gasteiger partial charge in [0.25, 0.3) is 0 Å². The van der Waals surface area contributed by atoms with Gasteiger partial charge in [0.15, 0.2) is 11.5 Å². The van der Waals surface area contributed by atoms with E-state index in [1.165, 1.54) is 6.33 Å². The molecule has 136 valence electrons. The second kappa shape index (κ2) is 7.32. The molecule has 6 heteroatoms. The molecule has 2 aliphatic rings. The summed E-state index contributed by atoms with van der Waals surface area (Å²) in [6, 6.07) is 5.94. The molecule has 1 aliphatic carbocycles. The summed E-state index contributed by atoms with van der Waals surface area (Å²) in [7, 11) is 0. The van der Waals surface area contributed by atoms with E-state index in [1.807, 2.05) is 18.2 Å². The van der Waals surface area contributed by atoms with Crippen molar-refractivity contribution in [3.8, 4) is 11.5 Å². The predicted molar refractivity (Wildman–Crippen MR) is 96.3 cm³/mol. The molecular formula is C20H23N3O3. The number of aromatic nitrogens is 2. The number of nitrogens with zero attached hydrogens (tertiary/aromatic N) is 2. The third-order valence-electron chi connectivity index (χ3n) is 5.30. The number of fused-ring (bicyclic) bond motifs is 1. The summed E-state index contributed by atoms with van der Waals surface area (Å²) >= 11 is 0. The summed E-state index contributed by atoms with van der Waals surface area (Å²) in [6.07, 6.45) is 9.67. The molecule has 0 unspecified atom stereocenters. The fourth-order valence-corrected chi connectivity index (χ4v) is 3.92. The van der Waals surface area contributed by atoms with Gasteiger partial charge in [-0.1, -0.05) is 18.9 Å². The molecule has 0 saturated heterocycles. The second-order valence-corrected chi connectivity index (χ2v) is 6.90. The molecule has 26 heavy (non-hydrogen) atoms. The smallest absolute Gasteiger partial charge is 0.230 e. The quantitative estimate of drug-likeness (QED) is 0.894. The van der Waals surface area contributed by atoms with Gasteiger partial charge in [0.1, 0.15) is 19.5 Å². The molecule has 1 N–H and O–H groups in total.